The molecular formula is C18H22N4O2. The smallest absolute Gasteiger partial charge is 0.241 e. The predicted octanol–water partition coefficient (Wildman–Crippen LogP) is 1.44. The lowest BCUT2D eigenvalue weighted by Crippen LogP contribution is -2.54. The number of nitrogens with one attached hydrogen (secondary N) is 1. The molecule has 0 radical (unpaired) electrons. The first-order valence-electron chi connectivity index (χ1n) is 8.42. The first-order valence-corrected chi connectivity index (χ1v) is 8.42. The minimum Gasteiger partial charge on any atom is -0.340 e. The van der Waals surface area contributed by atoms with Crippen molar-refractivity contribution >= 4 is 17.5 Å². The van der Waals surface area contributed by atoms with Crippen molar-refractivity contribution < 1.29 is 9.59 Å². The monoisotopic (exact) mass is 326 g/mol. The zero-order valence-electron chi connectivity index (χ0n) is 13.9. The molecule has 1 heterocycles. The van der Waals surface area contributed by atoms with Crippen molar-refractivity contribution in [1.82, 2.24) is 9.80 Å². The topological polar surface area (TPSA) is 76.4 Å². The SMILES string of the molecule is C[C@H](C(=O)Nc1cccc(C#N)c1)N1CCN(C(=O)C2CC2)CC1. The number of hydrogen-bond donors (Lipinski definition) is 1. The van der Waals surface area contributed by atoms with Crippen molar-refractivity contribution in [2.45, 2.75) is 25.8 Å². The highest BCUT2D eigenvalue weighted by Gasteiger charge is 2.35. The Morgan fingerprint density at radius 1 is 1.25 bits per heavy atom. The van der Waals surface area contributed by atoms with Crippen molar-refractivity contribution in [3.8, 4) is 6.07 Å². The van der Waals surface area contributed by atoms with E-state index in [0.717, 1.165) is 12.8 Å². The molecule has 0 unspecified atom stereocenters. The number of nitrogens with zero attached hydrogens (tertiary/aromatic N) is 3. The number of piperazine rings is 1. The standard InChI is InChI=1S/C18H22N4O2/c1-13(17(23)20-16-4-2-3-14(11-16)12-19)21-7-9-22(10-8-21)18(24)15-5-6-15/h2-4,11,13,15H,5-10H2,1H3,(H,20,23)/t13-/m1/s1. The van der Waals surface area contributed by atoms with Crippen molar-refractivity contribution in [1.29, 1.82) is 5.26 Å². The molecule has 1 atom stereocenters. The third kappa shape index (κ3) is 3.74. The lowest BCUT2D eigenvalue weighted by atomic mass is 10.2. The molecule has 3 rings (SSSR count). The summed E-state index contributed by atoms with van der Waals surface area (Å²) in [6.45, 7) is 4.69. The van der Waals surface area contributed by atoms with E-state index >= 15 is 0 Å². The van der Waals surface area contributed by atoms with Crippen molar-refractivity contribution in [2.75, 3.05) is 31.5 Å². The summed E-state index contributed by atoms with van der Waals surface area (Å²) in [6, 6.07) is 8.69. The van der Waals surface area contributed by atoms with Crippen LogP contribution in [0.3, 0.4) is 0 Å². The Hall–Kier alpha value is -2.39. The molecule has 1 N–H and O–H groups in total. The average molecular weight is 326 g/mol. The summed E-state index contributed by atoms with van der Waals surface area (Å²) in [5, 5.41) is 11.8. The van der Waals surface area contributed by atoms with E-state index < -0.39 is 0 Å². The quantitative estimate of drug-likeness (QED) is 0.908. The highest BCUT2D eigenvalue weighted by atomic mass is 16.2. The molecule has 1 aromatic rings. The Labute approximate surface area is 142 Å². The lowest BCUT2D eigenvalue weighted by molar-refractivity contribution is -0.135. The van der Waals surface area contributed by atoms with E-state index in [4.69, 9.17) is 5.26 Å². The average Bonchev–Trinajstić information content (AvgIpc) is 3.46. The molecule has 1 aromatic carbocycles. The molecule has 1 aliphatic heterocycles. The Balaban J connectivity index is 1.52. The second kappa shape index (κ2) is 7.02. The van der Waals surface area contributed by atoms with Crippen LogP contribution in [0.25, 0.3) is 0 Å². The van der Waals surface area contributed by atoms with Crippen molar-refractivity contribution in [3.05, 3.63) is 29.8 Å². The second-order valence-corrected chi connectivity index (χ2v) is 6.49. The van der Waals surface area contributed by atoms with E-state index in [9.17, 15) is 9.59 Å². The summed E-state index contributed by atoms with van der Waals surface area (Å²) in [6.07, 6.45) is 2.05. The number of amides is 2. The Kier molecular flexibility index (Phi) is 4.81. The summed E-state index contributed by atoms with van der Waals surface area (Å²) in [7, 11) is 0. The molecule has 1 saturated heterocycles. The number of anilines is 1. The third-order valence-electron chi connectivity index (χ3n) is 4.74. The number of hydrogen-bond acceptors (Lipinski definition) is 4. The van der Waals surface area contributed by atoms with E-state index in [1.54, 1.807) is 24.3 Å². The van der Waals surface area contributed by atoms with E-state index in [0.29, 0.717) is 37.4 Å². The highest BCUT2D eigenvalue weighted by molar-refractivity contribution is 5.94. The van der Waals surface area contributed by atoms with E-state index in [1.807, 2.05) is 11.8 Å². The largest absolute Gasteiger partial charge is 0.340 e. The van der Waals surface area contributed by atoms with Gasteiger partial charge in [0.05, 0.1) is 17.7 Å². The van der Waals surface area contributed by atoms with Gasteiger partial charge in [0.15, 0.2) is 0 Å². The molecule has 0 bridgehead atoms. The lowest BCUT2D eigenvalue weighted by Gasteiger charge is -2.37. The number of carbonyl (C=O) groups excluding carboxylic acids is 2. The van der Waals surface area contributed by atoms with Gasteiger partial charge in [-0.2, -0.15) is 5.26 Å². The van der Waals surface area contributed by atoms with Gasteiger partial charge in [0.1, 0.15) is 0 Å². The van der Waals surface area contributed by atoms with Gasteiger partial charge in [-0.05, 0) is 38.0 Å². The molecule has 6 heteroatoms. The van der Waals surface area contributed by atoms with Gasteiger partial charge in [-0.15, -0.1) is 0 Å². The molecule has 126 valence electrons. The molecule has 2 aliphatic rings. The Bertz CT molecular complexity index is 670. The molecule has 2 fully saturated rings. The van der Waals surface area contributed by atoms with Gasteiger partial charge in [-0.25, -0.2) is 0 Å². The summed E-state index contributed by atoms with van der Waals surface area (Å²) in [5.41, 5.74) is 1.15. The fourth-order valence-corrected chi connectivity index (χ4v) is 3.00. The summed E-state index contributed by atoms with van der Waals surface area (Å²) in [4.78, 5) is 28.5. The van der Waals surface area contributed by atoms with Crippen LogP contribution < -0.4 is 5.32 Å². The highest BCUT2D eigenvalue weighted by Crippen LogP contribution is 2.31. The van der Waals surface area contributed by atoms with Crippen molar-refractivity contribution in [3.63, 3.8) is 0 Å². The predicted molar refractivity (Wildman–Crippen MR) is 90.1 cm³/mol. The van der Waals surface area contributed by atoms with E-state index in [1.165, 1.54) is 0 Å². The van der Waals surface area contributed by atoms with Crippen LogP contribution in [-0.4, -0.2) is 53.8 Å². The summed E-state index contributed by atoms with van der Waals surface area (Å²) in [5.74, 6) is 0.441. The van der Waals surface area contributed by atoms with Gasteiger partial charge in [0, 0.05) is 37.8 Å². The second-order valence-electron chi connectivity index (χ2n) is 6.49. The van der Waals surface area contributed by atoms with Gasteiger partial charge < -0.3 is 10.2 Å². The van der Waals surface area contributed by atoms with Crippen LogP contribution in [0.1, 0.15) is 25.3 Å². The minimum atomic E-state index is -0.270. The van der Waals surface area contributed by atoms with E-state index in [2.05, 4.69) is 16.3 Å². The zero-order valence-corrected chi connectivity index (χ0v) is 13.9. The van der Waals surface area contributed by atoms with Crippen molar-refractivity contribution in [2.24, 2.45) is 5.92 Å². The fourth-order valence-electron chi connectivity index (χ4n) is 3.00. The van der Waals surface area contributed by atoms with E-state index in [-0.39, 0.29) is 23.8 Å². The number of nitriles is 1. The van der Waals surface area contributed by atoms with Gasteiger partial charge in [0.25, 0.3) is 0 Å². The normalized spacial score (nSPS) is 19.4. The zero-order chi connectivity index (χ0) is 17.1. The number of rotatable bonds is 4. The van der Waals surface area contributed by atoms with Crippen LogP contribution in [0.15, 0.2) is 24.3 Å². The maximum atomic E-state index is 12.4. The maximum Gasteiger partial charge on any atom is 0.241 e. The number of benzene rings is 1. The maximum absolute atomic E-state index is 12.4. The van der Waals surface area contributed by atoms with Gasteiger partial charge >= 0.3 is 0 Å². The summed E-state index contributed by atoms with van der Waals surface area (Å²) < 4.78 is 0. The fraction of sp³-hybridized carbons (Fsp3) is 0.500. The molecule has 1 saturated carbocycles. The molecule has 0 aromatic heterocycles. The van der Waals surface area contributed by atoms with Crippen LogP contribution in [-0.2, 0) is 9.59 Å². The molecule has 6 nitrogen and oxygen atoms in total. The van der Waals surface area contributed by atoms with Crippen LogP contribution in [0.5, 0.6) is 0 Å². The Morgan fingerprint density at radius 3 is 2.58 bits per heavy atom. The van der Waals surface area contributed by atoms with Gasteiger partial charge in [-0.1, -0.05) is 6.07 Å². The molecule has 0 spiro atoms. The molecular weight excluding hydrogens is 304 g/mol. The van der Waals surface area contributed by atoms with Crippen LogP contribution in [0, 0.1) is 17.2 Å². The van der Waals surface area contributed by atoms with Crippen LogP contribution >= 0.6 is 0 Å². The Morgan fingerprint density at radius 2 is 1.96 bits per heavy atom. The minimum absolute atomic E-state index is 0.0907. The third-order valence-corrected chi connectivity index (χ3v) is 4.74. The first kappa shape index (κ1) is 16.5. The van der Waals surface area contributed by atoms with Crippen LogP contribution in [0.2, 0.25) is 0 Å². The number of carbonyl (C=O) groups is 2. The summed E-state index contributed by atoms with van der Waals surface area (Å²) >= 11 is 0. The molecule has 24 heavy (non-hydrogen) atoms. The van der Waals surface area contributed by atoms with Gasteiger partial charge in [0.2, 0.25) is 11.8 Å². The molecule has 1 aliphatic carbocycles. The molecule has 2 amide bonds. The van der Waals surface area contributed by atoms with Gasteiger partial charge in [-0.3, -0.25) is 14.5 Å². The first-order chi connectivity index (χ1) is 11.6. The van der Waals surface area contributed by atoms with Crippen LogP contribution in [0.4, 0.5) is 5.69 Å².